The summed E-state index contributed by atoms with van der Waals surface area (Å²) in [6.45, 7) is 6.37. The smallest absolute Gasteiger partial charge is 0.0766 e. The minimum absolute atomic E-state index is 0.335. The Kier molecular flexibility index (Phi) is 5.12. The van der Waals surface area contributed by atoms with E-state index in [0.717, 1.165) is 31.1 Å². The van der Waals surface area contributed by atoms with E-state index in [9.17, 15) is 0 Å². The predicted octanol–water partition coefficient (Wildman–Crippen LogP) is 2.39. The number of benzene rings is 1. The van der Waals surface area contributed by atoms with E-state index < -0.39 is 0 Å². The zero-order chi connectivity index (χ0) is 13.5. The summed E-state index contributed by atoms with van der Waals surface area (Å²) >= 11 is 0. The molecule has 1 aromatic carbocycles. The van der Waals surface area contributed by atoms with E-state index in [0.29, 0.717) is 6.04 Å². The minimum atomic E-state index is 0.335. The molecule has 0 radical (unpaired) electrons. The zero-order valence-corrected chi connectivity index (χ0v) is 11.5. The van der Waals surface area contributed by atoms with Gasteiger partial charge in [-0.25, -0.2) is 4.68 Å². The Morgan fingerprint density at radius 3 is 2.79 bits per heavy atom. The van der Waals surface area contributed by atoms with Gasteiger partial charge >= 0.3 is 0 Å². The van der Waals surface area contributed by atoms with Crippen LogP contribution in [0.2, 0.25) is 0 Å². The van der Waals surface area contributed by atoms with E-state index in [1.807, 2.05) is 54.2 Å². The lowest BCUT2D eigenvalue weighted by Crippen LogP contribution is -2.30. The average molecular weight is 259 g/mol. The van der Waals surface area contributed by atoms with E-state index >= 15 is 0 Å². The largest absolute Gasteiger partial charge is 0.380 e. The Hall–Kier alpha value is -1.65. The van der Waals surface area contributed by atoms with Gasteiger partial charge in [-0.05, 0) is 32.0 Å². The van der Waals surface area contributed by atoms with Gasteiger partial charge in [0, 0.05) is 25.4 Å². The van der Waals surface area contributed by atoms with Gasteiger partial charge in [-0.3, -0.25) is 0 Å². The molecular formula is C15H21N3O. The van der Waals surface area contributed by atoms with Crippen molar-refractivity contribution in [3.05, 3.63) is 48.3 Å². The third-order valence-corrected chi connectivity index (χ3v) is 2.87. The predicted molar refractivity (Wildman–Crippen MR) is 76.4 cm³/mol. The second kappa shape index (κ2) is 7.07. The highest BCUT2D eigenvalue weighted by Crippen LogP contribution is 2.06. The molecule has 1 atom stereocenters. The molecule has 1 unspecified atom stereocenters. The Labute approximate surface area is 114 Å². The highest BCUT2D eigenvalue weighted by atomic mass is 16.5. The molecule has 0 aliphatic heterocycles. The van der Waals surface area contributed by atoms with Crippen LogP contribution in [-0.4, -0.2) is 29.0 Å². The maximum Gasteiger partial charge on any atom is 0.0766 e. The molecule has 102 valence electrons. The highest BCUT2D eigenvalue weighted by Gasteiger charge is 2.04. The van der Waals surface area contributed by atoms with Gasteiger partial charge in [0.1, 0.15) is 0 Å². The highest BCUT2D eigenvalue weighted by molar-refractivity contribution is 5.30. The number of rotatable bonds is 7. The van der Waals surface area contributed by atoms with Crippen LogP contribution < -0.4 is 5.32 Å². The lowest BCUT2D eigenvalue weighted by Gasteiger charge is -2.12. The fourth-order valence-electron chi connectivity index (χ4n) is 1.81. The Bertz CT molecular complexity index is 481. The number of hydrogen-bond donors (Lipinski definition) is 1. The molecule has 0 aliphatic rings. The first-order valence-electron chi connectivity index (χ1n) is 6.70. The fraction of sp³-hybridized carbons (Fsp3) is 0.400. The molecule has 0 bridgehead atoms. The van der Waals surface area contributed by atoms with Crippen molar-refractivity contribution in [1.29, 1.82) is 0 Å². The molecule has 0 amide bonds. The number of nitrogens with one attached hydrogen (secondary N) is 1. The number of nitrogens with zero attached hydrogens (tertiary/aromatic N) is 2. The molecule has 1 aromatic heterocycles. The maximum atomic E-state index is 5.37. The monoisotopic (exact) mass is 259 g/mol. The van der Waals surface area contributed by atoms with Crippen molar-refractivity contribution >= 4 is 0 Å². The first-order valence-corrected chi connectivity index (χ1v) is 6.70. The second-order valence-electron chi connectivity index (χ2n) is 4.53. The molecule has 1 N–H and O–H groups in total. The molecular weight excluding hydrogens is 238 g/mol. The van der Waals surface area contributed by atoms with E-state index in [-0.39, 0.29) is 0 Å². The number of ether oxygens (including phenoxy) is 1. The third kappa shape index (κ3) is 4.19. The summed E-state index contributed by atoms with van der Waals surface area (Å²) in [7, 11) is 0. The van der Waals surface area contributed by atoms with Crippen molar-refractivity contribution < 1.29 is 4.74 Å². The minimum Gasteiger partial charge on any atom is -0.380 e. The second-order valence-corrected chi connectivity index (χ2v) is 4.53. The lowest BCUT2D eigenvalue weighted by atomic mass is 10.3. The van der Waals surface area contributed by atoms with Crippen LogP contribution in [0.15, 0.2) is 42.6 Å². The Balaban J connectivity index is 1.88. The van der Waals surface area contributed by atoms with Crippen LogP contribution in [0.3, 0.4) is 0 Å². The quantitative estimate of drug-likeness (QED) is 0.830. The molecule has 2 aromatic rings. The summed E-state index contributed by atoms with van der Waals surface area (Å²) in [4.78, 5) is 0. The lowest BCUT2D eigenvalue weighted by molar-refractivity contribution is 0.127. The summed E-state index contributed by atoms with van der Waals surface area (Å²) in [6.07, 6.45) is 1.99. The van der Waals surface area contributed by atoms with E-state index in [1.165, 1.54) is 0 Å². The molecule has 0 fully saturated rings. The van der Waals surface area contributed by atoms with Crippen molar-refractivity contribution in [3.63, 3.8) is 0 Å². The van der Waals surface area contributed by atoms with Crippen LogP contribution >= 0.6 is 0 Å². The van der Waals surface area contributed by atoms with Crippen molar-refractivity contribution in [2.45, 2.75) is 26.4 Å². The van der Waals surface area contributed by atoms with Gasteiger partial charge in [0.2, 0.25) is 0 Å². The maximum absolute atomic E-state index is 5.37. The van der Waals surface area contributed by atoms with Crippen LogP contribution in [0.1, 0.15) is 19.5 Å². The Morgan fingerprint density at radius 2 is 2.05 bits per heavy atom. The number of para-hydroxylation sites is 1. The van der Waals surface area contributed by atoms with Crippen LogP contribution in [0.5, 0.6) is 0 Å². The molecule has 0 saturated heterocycles. The molecule has 0 spiro atoms. The van der Waals surface area contributed by atoms with Gasteiger partial charge in [0.15, 0.2) is 0 Å². The van der Waals surface area contributed by atoms with Gasteiger partial charge in [0.05, 0.1) is 18.0 Å². The summed E-state index contributed by atoms with van der Waals surface area (Å²) in [5, 5.41) is 7.94. The number of hydrogen-bond acceptors (Lipinski definition) is 3. The van der Waals surface area contributed by atoms with E-state index in [4.69, 9.17) is 4.74 Å². The van der Waals surface area contributed by atoms with Crippen LogP contribution in [-0.2, 0) is 11.3 Å². The molecule has 1 heterocycles. The third-order valence-electron chi connectivity index (χ3n) is 2.87. The molecule has 2 rings (SSSR count). The van der Waals surface area contributed by atoms with Crippen LogP contribution in [0.4, 0.5) is 0 Å². The molecule has 4 heteroatoms. The summed E-state index contributed by atoms with van der Waals surface area (Å²) in [5.41, 5.74) is 2.11. The standard InChI is InChI=1S/C15H21N3O/c1-3-19-12-13(2)16-11-14-9-10-18(17-14)15-7-5-4-6-8-15/h4-10,13,16H,3,11-12H2,1-2H3. The number of aromatic nitrogens is 2. The summed E-state index contributed by atoms with van der Waals surface area (Å²) in [5.74, 6) is 0. The fourth-order valence-corrected chi connectivity index (χ4v) is 1.81. The van der Waals surface area contributed by atoms with Gasteiger partial charge in [-0.2, -0.15) is 5.10 Å². The van der Waals surface area contributed by atoms with Gasteiger partial charge < -0.3 is 10.1 Å². The topological polar surface area (TPSA) is 39.1 Å². The molecule has 19 heavy (non-hydrogen) atoms. The normalized spacial score (nSPS) is 12.5. The van der Waals surface area contributed by atoms with Gasteiger partial charge in [-0.1, -0.05) is 18.2 Å². The van der Waals surface area contributed by atoms with Crippen LogP contribution in [0, 0.1) is 0 Å². The molecule has 0 saturated carbocycles. The van der Waals surface area contributed by atoms with E-state index in [1.54, 1.807) is 0 Å². The van der Waals surface area contributed by atoms with Gasteiger partial charge in [0.25, 0.3) is 0 Å². The van der Waals surface area contributed by atoms with E-state index in [2.05, 4.69) is 17.3 Å². The van der Waals surface area contributed by atoms with Gasteiger partial charge in [-0.15, -0.1) is 0 Å². The first-order chi connectivity index (χ1) is 9.29. The summed E-state index contributed by atoms with van der Waals surface area (Å²) < 4.78 is 7.26. The zero-order valence-electron chi connectivity index (χ0n) is 11.5. The average Bonchev–Trinajstić information content (AvgIpc) is 2.93. The Morgan fingerprint density at radius 1 is 1.26 bits per heavy atom. The van der Waals surface area contributed by atoms with Crippen molar-refractivity contribution in [2.24, 2.45) is 0 Å². The molecule has 0 aliphatic carbocycles. The summed E-state index contributed by atoms with van der Waals surface area (Å²) in [6, 6.07) is 12.5. The SMILES string of the molecule is CCOCC(C)NCc1ccn(-c2ccccc2)n1. The molecule has 4 nitrogen and oxygen atoms in total. The van der Waals surface area contributed by atoms with Crippen molar-refractivity contribution in [2.75, 3.05) is 13.2 Å². The van der Waals surface area contributed by atoms with Crippen molar-refractivity contribution in [1.82, 2.24) is 15.1 Å². The van der Waals surface area contributed by atoms with Crippen LogP contribution in [0.25, 0.3) is 5.69 Å². The first kappa shape index (κ1) is 13.8. The van der Waals surface area contributed by atoms with Crippen molar-refractivity contribution in [3.8, 4) is 5.69 Å².